The number of hydrogen-bond acceptors (Lipinski definition) is 6. The number of fused-ring (bicyclic) bond motifs is 2. The molecule has 0 aromatic heterocycles. The Kier molecular flexibility index (Phi) is 6.12. The average Bonchev–Trinajstić information content (AvgIpc) is 3.19. The summed E-state index contributed by atoms with van der Waals surface area (Å²) in [6, 6.07) is 4.89. The molecule has 31 heavy (non-hydrogen) atoms. The van der Waals surface area contributed by atoms with Gasteiger partial charge in [0.1, 0.15) is 11.4 Å². The van der Waals surface area contributed by atoms with Crippen LogP contribution in [0.25, 0.3) is 0 Å². The second-order valence-corrected chi connectivity index (χ2v) is 9.26. The molecule has 170 valence electrons. The predicted molar refractivity (Wildman–Crippen MR) is 114 cm³/mol. The highest BCUT2D eigenvalue weighted by atomic mass is 16.7. The minimum atomic E-state index is -0.695. The van der Waals surface area contributed by atoms with Gasteiger partial charge in [0.2, 0.25) is 0 Å². The Bertz CT molecular complexity index is 830. The molecule has 2 amide bonds. The highest BCUT2D eigenvalue weighted by Gasteiger charge is 2.47. The molecule has 1 aromatic carbocycles. The zero-order chi connectivity index (χ0) is 22.2. The van der Waals surface area contributed by atoms with E-state index in [0.717, 1.165) is 32.1 Å². The summed E-state index contributed by atoms with van der Waals surface area (Å²) in [4.78, 5) is 30.3. The first kappa shape index (κ1) is 21.9. The van der Waals surface area contributed by atoms with Crippen LogP contribution in [0, 0.1) is 0 Å². The number of anilines is 1. The zero-order valence-corrected chi connectivity index (χ0v) is 18.8. The van der Waals surface area contributed by atoms with E-state index in [1.165, 1.54) is 4.90 Å². The molecule has 3 aliphatic heterocycles. The third kappa shape index (κ3) is 4.50. The Morgan fingerprint density at radius 2 is 1.97 bits per heavy atom. The van der Waals surface area contributed by atoms with Crippen molar-refractivity contribution < 1.29 is 28.5 Å². The second-order valence-electron chi connectivity index (χ2n) is 9.26. The monoisotopic (exact) mass is 432 g/mol. The summed E-state index contributed by atoms with van der Waals surface area (Å²) in [6.45, 7) is 6.72. The maximum absolute atomic E-state index is 13.5. The van der Waals surface area contributed by atoms with Crippen molar-refractivity contribution in [1.82, 2.24) is 4.90 Å². The van der Waals surface area contributed by atoms with Crippen molar-refractivity contribution in [2.75, 3.05) is 25.2 Å². The molecule has 4 rings (SSSR count). The van der Waals surface area contributed by atoms with E-state index in [0.29, 0.717) is 30.2 Å². The Morgan fingerprint density at radius 1 is 1.16 bits per heavy atom. The van der Waals surface area contributed by atoms with E-state index in [2.05, 4.69) is 0 Å². The number of hydrogen-bond donors (Lipinski definition) is 0. The molecule has 1 aromatic rings. The third-order valence-corrected chi connectivity index (χ3v) is 5.86. The number of nitrogens with zero attached hydrogens (tertiary/aromatic N) is 2. The molecule has 3 atom stereocenters. The molecule has 8 nitrogen and oxygen atoms in total. The van der Waals surface area contributed by atoms with Crippen LogP contribution in [0.5, 0.6) is 5.75 Å². The Hall–Kier alpha value is -2.32. The van der Waals surface area contributed by atoms with Gasteiger partial charge in [-0.3, -0.25) is 4.79 Å². The summed E-state index contributed by atoms with van der Waals surface area (Å²) in [5.41, 5.74) is 0.185. The van der Waals surface area contributed by atoms with Gasteiger partial charge in [-0.15, -0.1) is 0 Å². The van der Waals surface area contributed by atoms with Gasteiger partial charge < -0.3 is 23.8 Å². The fourth-order valence-corrected chi connectivity index (χ4v) is 4.47. The van der Waals surface area contributed by atoms with E-state index in [4.69, 9.17) is 18.9 Å². The molecule has 0 bridgehead atoms. The van der Waals surface area contributed by atoms with E-state index < -0.39 is 24.2 Å². The Labute approximate surface area is 183 Å². The van der Waals surface area contributed by atoms with Crippen LogP contribution in [0.15, 0.2) is 18.2 Å². The van der Waals surface area contributed by atoms with Gasteiger partial charge in [0.25, 0.3) is 5.91 Å². The lowest BCUT2D eigenvalue weighted by Gasteiger charge is -2.39. The zero-order valence-electron chi connectivity index (χ0n) is 18.8. The summed E-state index contributed by atoms with van der Waals surface area (Å²) in [7, 11) is 1.56. The molecule has 0 spiro atoms. The molecular formula is C23H32N2O6. The molecule has 2 fully saturated rings. The number of ether oxygens (including phenoxy) is 4. The van der Waals surface area contributed by atoms with Crippen LogP contribution in [0.2, 0.25) is 0 Å². The van der Waals surface area contributed by atoms with E-state index in [-0.39, 0.29) is 11.9 Å². The first-order chi connectivity index (χ1) is 14.8. The molecule has 0 N–H and O–H groups in total. The number of methoxy groups -OCH3 is 1. The number of carbonyl (C=O) groups excluding carboxylic acids is 2. The van der Waals surface area contributed by atoms with Crippen molar-refractivity contribution in [3.05, 3.63) is 23.8 Å². The van der Waals surface area contributed by atoms with E-state index in [1.54, 1.807) is 25.3 Å². The average molecular weight is 433 g/mol. The van der Waals surface area contributed by atoms with Crippen LogP contribution in [0.3, 0.4) is 0 Å². The van der Waals surface area contributed by atoms with Crippen molar-refractivity contribution in [1.29, 1.82) is 0 Å². The van der Waals surface area contributed by atoms with Crippen molar-refractivity contribution in [3.63, 3.8) is 0 Å². The Balaban J connectivity index is 1.80. The number of carbonyl (C=O) groups is 2. The van der Waals surface area contributed by atoms with Crippen molar-refractivity contribution in [2.24, 2.45) is 0 Å². The fourth-order valence-electron chi connectivity index (χ4n) is 4.47. The van der Waals surface area contributed by atoms with E-state index in [1.807, 2.05) is 25.7 Å². The van der Waals surface area contributed by atoms with Crippen LogP contribution in [0.1, 0.15) is 63.2 Å². The van der Waals surface area contributed by atoms with Gasteiger partial charge in [0, 0.05) is 13.2 Å². The van der Waals surface area contributed by atoms with Gasteiger partial charge in [-0.25, -0.2) is 9.69 Å². The molecule has 2 saturated heterocycles. The number of benzene rings is 1. The summed E-state index contributed by atoms with van der Waals surface area (Å²) in [6.07, 6.45) is 2.70. The highest BCUT2D eigenvalue weighted by molar-refractivity contribution is 6.05. The number of amides is 2. The SMILES string of the molecule is COc1ccc2c(c1)C(=O)N1CCC[C@H]1[C@H](OC1CCCCO1)N2C(=O)OC(C)(C)C. The summed E-state index contributed by atoms with van der Waals surface area (Å²) in [5, 5.41) is 0. The number of rotatable bonds is 3. The van der Waals surface area contributed by atoms with Crippen molar-refractivity contribution >= 4 is 17.7 Å². The molecule has 1 unspecified atom stereocenters. The molecule has 0 aliphatic carbocycles. The van der Waals surface area contributed by atoms with Gasteiger partial charge >= 0.3 is 6.09 Å². The van der Waals surface area contributed by atoms with Gasteiger partial charge in [-0.05, 0) is 71.1 Å². The predicted octanol–water partition coefficient (Wildman–Crippen LogP) is 3.92. The third-order valence-electron chi connectivity index (χ3n) is 5.86. The largest absolute Gasteiger partial charge is 0.497 e. The highest BCUT2D eigenvalue weighted by Crippen LogP contribution is 2.39. The minimum absolute atomic E-state index is 0.124. The van der Waals surface area contributed by atoms with Crippen LogP contribution in [-0.4, -0.2) is 61.3 Å². The fraction of sp³-hybridized carbons (Fsp3) is 0.652. The van der Waals surface area contributed by atoms with Gasteiger partial charge in [-0.2, -0.15) is 0 Å². The van der Waals surface area contributed by atoms with E-state index in [9.17, 15) is 9.59 Å². The molecular weight excluding hydrogens is 400 g/mol. The van der Waals surface area contributed by atoms with Gasteiger partial charge in [0.15, 0.2) is 12.5 Å². The standard InChI is InChI=1S/C23H32N2O6/c1-23(2,3)31-22(27)25-17-11-10-15(28-4)14-16(17)20(26)24-12-7-8-18(24)21(25)30-19-9-5-6-13-29-19/h10-11,14,18-19,21H,5-9,12-13H2,1-4H3/t18-,19?,21-/m0/s1. The van der Waals surface area contributed by atoms with Crippen LogP contribution < -0.4 is 9.64 Å². The molecule has 0 radical (unpaired) electrons. The lowest BCUT2D eigenvalue weighted by atomic mass is 10.1. The first-order valence-electron chi connectivity index (χ1n) is 11.1. The topological polar surface area (TPSA) is 77.5 Å². The van der Waals surface area contributed by atoms with Crippen LogP contribution in [0.4, 0.5) is 10.5 Å². The molecule has 8 heteroatoms. The maximum atomic E-state index is 13.5. The van der Waals surface area contributed by atoms with Gasteiger partial charge in [0.05, 0.1) is 24.4 Å². The maximum Gasteiger partial charge on any atom is 0.417 e. The van der Waals surface area contributed by atoms with Crippen molar-refractivity contribution in [2.45, 2.75) is 77.0 Å². The van der Waals surface area contributed by atoms with Crippen LogP contribution in [-0.2, 0) is 14.2 Å². The van der Waals surface area contributed by atoms with Crippen LogP contribution >= 0.6 is 0 Å². The Morgan fingerprint density at radius 3 is 2.65 bits per heavy atom. The van der Waals surface area contributed by atoms with Gasteiger partial charge in [-0.1, -0.05) is 0 Å². The first-order valence-corrected chi connectivity index (χ1v) is 11.1. The van der Waals surface area contributed by atoms with Crippen molar-refractivity contribution in [3.8, 4) is 5.75 Å². The lowest BCUT2D eigenvalue weighted by molar-refractivity contribution is -0.195. The lowest BCUT2D eigenvalue weighted by Crippen LogP contribution is -2.54. The normalized spacial score (nSPS) is 26.2. The molecule has 0 saturated carbocycles. The van der Waals surface area contributed by atoms with E-state index >= 15 is 0 Å². The summed E-state index contributed by atoms with van der Waals surface area (Å²) in [5.74, 6) is 0.433. The quantitative estimate of drug-likeness (QED) is 0.720. The summed E-state index contributed by atoms with van der Waals surface area (Å²) >= 11 is 0. The molecule has 3 aliphatic rings. The second kappa shape index (κ2) is 8.67. The smallest absolute Gasteiger partial charge is 0.417 e. The summed E-state index contributed by atoms with van der Waals surface area (Å²) < 4.78 is 23.3. The minimum Gasteiger partial charge on any atom is -0.497 e. The molecule has 3 heterocycles.